The van der Waals surface area contributed by atoms with Crippen LogP contribution in [0.3, 0.4) is 0 Å². The van der Waals surface area contributed by atoms with Crippen molar-refractivity contribution >= 4 is 24.0 Å². The van der Waals surface area contributed by atoms with Gasteiger partial charge in [-0.1, -0.05) is 0 Å². The van der Waals surface area contributed by atoms with Crippen LogP contribution in [0, 0.1) is 6.92 Å². The Labute approximate surface area is 110 Å². The van der Waals surface area contributed by atoms with Crippen molar-refractivity contribution in [2.24, 2.45) is 0 Å². The second-order valence-corrected chi connectivity index (χ2v) is 4.55. The Balaban J connectivity index is 2.13. The monoisotopic (exact) mass is 262 g/mol. The molecule has 2 N–H and O–H groups in total. The molecule has 3 rings (SSSR count). The third kappa shape index (κ3) is 2.29. The van der Waals surface area contributed by atoms with E-state index in [9.17, 15) is 10.0 Å². The first-order valence-corrected chi connectivity index (χ1v) is 6.21. The van der Waals surface area contributed by atoms with Crippen LogP contribution in [0.25, 0.3) is 5.65 Å². The number of aryl methyl sites for hydroxylation is 1. The van der Waals surface area contributed by atoms with Gasteiger partial charge in [-0.05, 0) is 24.5 Å². The molecule has 0 radical (unpaired) electrons. The first-order chi connectivity index (χ1) is 9.15. The lowest BCUT2D eigenvalue weighted by molar-refractivity contribution is 0.122. The zero-order valence-electron chi connectivity index (χ0n) is 10.7. The molecule has 2 aromatic heterocycles. The average Bonchev–Trinajstić information content (AvgIpc) is 2.78. The van der Waals surface area contributed by atoms with Crippen LogP contribution in [0.2, 0.25) is 0 Å². The van der Waals surface area contributed by atoms with Crippen molar-refractivity contribution in [3.05, 3.63) is 18.0 Å². The van der Waals surface area contributed by atoms with Crippen LogP contribution >= 0.6 is 0 Å². The zero-order chi connectivity index (χ0) is 13.4. The molecule has 0 unspecified atom stereocenters. The van der Waals surface area contributed by atoms with Crippen molar-refractivity contribution in [3.8, 4) is 0 Å². The summed E-state index contributed by atoms with van der Waals surface area (Å²) < 4.78 is 7.06. The number of morpholine rings is 1. The molecule has 0 saturated carbocycles. The van der Waals surface area contributed by atoms with Crippen molar-refractivity contribution in [2.75, 3.05) is 31.2 Å². The molecule has 0 spiro atoms. The van der Waals surface area contributed by atoms with Gasteiger partial charge in [-0.3, -0.25) is 0 Å². The Hall–Kier alpha value is -1.64. The maximum absolute atomic E-state index is 9.37. The Morgan fingerprint density at radius 1 is 1.26 bits per heavy atom. The predicted molar refractivity (Wildman–Crippen MR) is 70.6 cm³/mol. The highest BCUT2D eigenvalue weighted by atomic mass is 16.5. The quantitative estimate of drug-likeness (QED) is 0.644. The molecular formula is C11H15BN4O3. The van der Waals surface area contributed by atoms with Gasteiger partial charge in [0, 0.05) is 13.1 Å². The summed E-state index contributed by atoms with van der Waals surface area (Å²) in [6.45, 7) is 4.62. The van der Waals surface area contributed by atoms with E-state index in [0.29, 0.717) is 30.1 Å². The first kappa shape index (κ1) is 12.4. The third-order valence-electron chi connectivity index (χ3n) is 3.18. The smallest absolute Gasteiger partial charge is 0.423 e. The van der Waals surface area contributed by atoms with Gasteiger partial charge >= 0.3 is 7.12 Å². The molecule has 2 aromatic rings. The summed E-state index contributed by atoms with van der Waals surface area (Å²) in [5.74, 6) is 1.46. The molecule has 1 fully saturated rings. The van der Waals surface area contributed by atoms with Gasteiger partial charge < -0.3 is 19.7 Å². The van der Waals surface area contributed by atoms with Crippen LogP contribution in [0.15, 0.2) is 12.1 Å². The number of ether oxygens (including phenoxy) is 1. The van der Waals surface area contributed by atoms with Crippen LogP contribution in [-0.4, -0.2) is 58.1 Å². The molecule has 100 valence electrons. The van der Waals surface area contributed by atoms with Gasteiger partial charge in [0.15, 0.2) is 5.65 Å². The van der Waals surface area contributed by atoms with Crippen LogP contribution in [-0.2, 0) is 4.74 Å². The number of rotatable bonds is 2. The van der Waals surface area contributed by atoms with E-state index in [0.717, 1.165) is 18.9 Å². The average molecular weight is 262 g/mol. The summed E-state index contributed by atoms with van der Waals surface area (Å²) >= 11 is 0. The Morgan fingerprint density at radius 3 is 2.68 bits per heavy atom. The predicted octanol–water partition coefficient (Wildman–Crippen LogP) is -1.45. The van der Waals surface area contributed by atoms with Crippen molar-refractivity contribution in [1.29, 1.82) is 0 Å². The Morgan fingerprint density at radius 2 is 2.00 bits per heavy atom. The number of pyridine rings is 1. The topological polar surface area (TPSA) is 83.1 Å². The molecule has 1 aliphatic heterocycles. The fourth-order valence-corrected chi connectivity index (χ4v) is 2.26. The summed E-state index contributed by atoms with van der Waals surface area (Å²) in [7, 11) is -1.51. The lowest BCUT2D eigenvalue weighted by atomic mass is 9.81. The molecule has 0 aromatic carbocycles. The minimum absolute atomic E-state index is 0.418. The molecule has 8 heteroatoms. The molecule has 0 bridgehead atoms. The fourth-order valence-electron chi connectivity index (χ4n) is 2.26. The normalized spacial score (nSPS) is 16.1. The van der Waals surface area contributed by atoms with E-state index in [4.69, 9.17) is 4.74 Å². The van der Waals surface area contributed by atoms with E-state index in [1.165, 1.54) is 0 Å². The highest BCUT2D eigenvalue weighted by Gasteiger charge is 2.20. The Kier molecular flexibility index (Phi) is 3.13. The minimum Gasteiger partial charge on any atom is -0.423 e. The van der Waals surface area contributed by atoms with E-state index in [2.05, 4.69) is 15.0 Å². The van der Waals surface area contributed by atoms with Crippen LogP contribution in [0.4, 0.5) is 5.82 Å². The minimum atomic E-state index is -1.51. The Bertz CT molecular complexity index is 595. The van der Waals surface area contributed by atoms with Crippen molar-refractivity contribution in [2.45, 2.75) is 6.92 Å². The largest absolute Gasteiger partial charge is 0.488 e. The number of hydrogen-bond acceptors (Lipinski definition) is 6. The number of aromatic nitrogens is 3. The highest BCUT2D eigenvalue weighted by molar-refractivity contribution is 6.58. The summed E-state index contributed by atoms with van der Waals surface area (Å²) in [5, 5.41) is 23.1. The molecular weight excluding hydrogens is 247 g/mol. The molecule has 1 saturated heterocycles. The molecule has 3 heterocycles. The van der Waals surface area contributed by atoms with Gasteiger partial charge in [-0.15, -0.1) is 5.10 Å². The molecule has 0 amide bonds. The molecule has 0 aliphatic carbocycles. The van der Waals surface area contributed by atoms with E-state index in [-0.39, 0.29) is 0 Å². The van der Waals surface area contributed by atoms with E-state index >= 15 is 0 Å². The third-order valence-corrected chi connectivity index (χ3v) is 3.18. The summed E-state index contributed by atoms with van der Waals surface area (Å²) in [6.07, 6.45) is 0. The number of anilines is 1. The molecule has 7 nitrogen and oxygen atoms in total. The molecule has 0 atom stereocenters. The second-order valence-electron chi connectivity index (χ2n) is 4.55. The van der Waals surface area contributed by atoms with E-state index < -0.39 is 7.12 Å². The van der Waals surface area contributed by atoms with E-state index in [1.807, 2.05) is 6.92 Å². The number of nitrogens with zero attached hydrogens (tertiary/aromatic N) is 4. The number of hydrogen-bond donors (Lipinski definition) is 2. The van der Waals surface area contributed by atoms with Crippen LogP contribution < -0.4 is 10.4 Å². The standard InChI is InChI=1S/C11H15BN4O3/c1-8-13-10-6-9(12(17)18)7-11(16(10)14-8)15-2-4-19-5-3-15/h6-7,17-18H,2-5H2,1H3. The second kappa shape index (κ2) is 4.80. The van der Waals surface area contributed by atoms with Crippen LogP contribution in [0.5, 0.6) is 0 Å². The fraction of sp³-hybridized carbons (Fsp3) is 0.455. The zero-order valence-corrected chi connectivity index (χ0v) is 10.7. The lowest BCUT2D eigenvalue weighted by Gasteiger charge is -2.29. The van der Waals surface area contributed by atoms with Crippen molar-refractivity contribution in [3.63, 3.8) is 0 Å². The highest BCUT2D eigenvalue weighted by Crippen LogP contribution is 2.16. The van der Waals surface area contributed by atoms with Crippen molar-refractivity contribution < 1.29 is 14.8 Å². The van der Waals surface area contributed by atoms with Gasteiger partial charge in [0.2, 0.25) is 0 Å². The maximum atomic E-state index is 9.37. The van der Waals surface area contributed by atoms with Crippen LogP contribution in [0.1, 0.15) is 5.82 Å². The molecule has 19 heavy (non-hydrogen) atoms. The van der Waals surface area contributed by atoms with Gasteiger partial charge in [0.05, 0.1) is 13.2 Å². The SMILES string of the molecule is Cc1nc2cc(B(O)O)cc(N3CCOCC3)n2n1. The number of fused-ring (bicyclic) bond motifs is 1. The van der Waals surface area contributed by atoms with Gasteiger partial charge in [-0.2, -0.15) is 4.52 Å². The van der Waals surface area contributed by atoms with Gasteiger partial charge in [0.25, 0.3) is 0 Å². The van der Waals surface area contributed by atoms with Gasteiger partial charge in [-0.25, -0.2) is 4.98 Å². The maximum Gasteiger partial charge on any atom is 0.488 e. The summed E-state index contributed by atoms with van der Waals surface area (Å²) in [6, 6.07) is 3.37. The van der Waals surface area contributed by atoms with Crippen molar-refractivity contribution in [1.82, 2.24) is 14.6 Å². The lowest BCUT2D eigenvalue weighted by Crippen LogP contribution is -2.39. The van der Waals surface area contributed by atoms with Gasteiger partial charge in [0.1, 0.15) is 11.6 Å². The first-order valence-electron chi connectivity index (χ1n) is 6.21. The summed E-state index contributed by atoms with van der Waals surface area (Å²) in [4.78, 5) is 6.39. The van der Waals surface area contributed by atoms with E-state index in [1.54, 1.807) is 16.6 Å². The summed E-state index contributed by atoms with van der Waals surface area (Å²) in [5.41, 5.74) is 1.03. The molecule has 1 aliphatic rings.